The first-order chi connectivity index (χ1) is 16.0. The zero-order chi connectivity index (χ0) is 22.7. The van der Waals surface area contributed by atoms with E-state index in [4.69, 9.17) is 0 Å². The maximum Gasteiger partial charge on any atom is 0.259 e. The molecular formula is C24H22FN7O. The van der Waals surface area contributed by atoms with Gasteiger partial charge in [-0.1, -0.05) is 18.2 Å². The number of nitrogens with zero attached hydrogens (tertiary/aromatic N) is 5. The van der Waals surface area contributed by atoms with Crippen LogP contribution < -0.4 is 10.9 Å². The van der Waals surface area contributed by atoms with E-state index in [9.17, 15) is 9.18 Å². The van der Waals surface area contributed by atoms with E-state index in [0.29, 0.717) is 22.2 Å². The number of halogens is 1. The molecule has 4 heterocycles. The van der Waals surface area contributed by atoms with Gasteiger partial charge in [0.1, 0.15) is 17.8 Å². The minimum atomic E-state index is -0.417. The van der Waals surface area contributed by atoms with Gasteiger partial charge < -0.3 is 14.9 Å². The van der Waals surface area contributed by atoms with Crippen LogP contribution in [0.1, 0.15) is 37.5 Å². The molecule has 0 amide bonds. The lowest BCUT2D eigenvalue weighted by Crippen LogP contribution is -2.26. The molecule has 2 N–H and O–H groups in total. The van der Waals surface area contributed by atoms with Gasteiger partial charge >= 0.3 is 0 Å². The summed E-state index contributed by atoms with van der Waals surface area (Å²) in [5.74, 6) is -0.0234. The average molecular weight is 443 g/mol. The number of fused-ring (bicyclic) bond motifs is 2. The number of hydrogen-bond donors (Lipinski definition) is 2. The number of H-pyrrole nitrogens is 1. The van der Waals surface area contributed by atoms with Crippen molar-refractivity contribution >= 4 is 27.6 Å². The molecule has 1 aromatic carbocycles. The predicted molar refractivity (Wildman–Crippen MR) is 125 cm³/mol. The number of aromatic amines is 1. The molecule has 6 rings (SSSR count). The smallest absolute Gasteiger partial charge is 0.259 e. The fourth-order valence-corrected chi connectivity index (χ4v) is 4.55. The molecule has 0 bridgehead atoms. The zero-order valence-electron chi connectivity index (χ0n) is 18.2. The van der Waals surface area contributed by atoms with E-state index < -0.39 is 5.82 Å². The standard InChI is InChI=1S/C24H22FN7O/c1-13(30-23-21-18(25)10-26-22(21)27-12-28-23)19-8-14-4-3-5-17(15-9-29-31(2)11-15)20(14)24(33)32(19)16-6-7-16/h3-5,8-13,16H,6-7H2,1-2H3,(H2,26,27,28,30)/t13-/m0/s1. The molecule has 4 aromatic heterocycles. The van der Waals surface area contributed by atoms with Crippen molar-refractivity contribution in [2.24, 2.45) is 7.05 Å². The molecule has 166 valence electrons. The number of nitrogens with one attached hydrogen (secondary N) is 2. The largest absolute Gasteiger partial charge is 0.361 e. The fraction of sp³-hybridized carbons (Fsp3) is 0.250. The van der Waals surface area contributed by atoms with Gasteiger partial charge in [-0.2, -0.15) is 5.10 Å². The Morgan fingerprint density at radius 2 is 2.09 bits per heavy atom. The van der Waals surface area contributed by atoms with Crippen molar-refractivity contribution in [3.05, 3.63) is 71.0 Å². The van der Waals surface area contributed by atoms with Crippen LogP contribution in [0, 0.1) is 5.82 Å². The van der Waals surface area contributed by atoms with Gasteiger partial charge in [0, 0.05) is 36.7 Å². The number of aryl methyl sites for hydroxylation is 1. The minimum absolute atomic E-state index is 0.0150. The Morgan fingerprint density at radius 3 is 2.85 bits per heavy atom. The van der Waals surface area contributed by atoms with Gasteiger partial charge in [-0.05, 0) is 36.8 Å². The van der Waals surface area contributed by atoms with E-state index in [-0.39, 0.29) is 17.6 Å². The summed E-state index contributed by atoms with van der Waals surface area (Å²) in [5, 5.41) is 9.44. The second kappa shape index (κ2) is 7.26. The molecule has 1 aliphatic rings. The van der Waals surface area contributed by atoms with Crippen LogP contribution in [0.15, 0.2) is 54.0 Å². The lowest BCUT2D eigenvalue weighted by Gasteiger charge is -2.22. The molecule has 1 saturated carbocycles. The Labute approximate surface area is 188 Å². The van der Waals surface area contributed by atoms with Crippen molar-refractivity contribution in [1.29, 1.82) is 0 Å². The lowest BCUT2D eigenvalue weighted by molar-refractivity contribution is 0.632. The Kier molecular flexibility index (Phi) is 4.33. The van der Waals surface area contributed by atoms with Gasteiger partial charge in [0.15, 0.2) is 5.82 Å². The monoisotopic (exact) mass is 443 g/mol. The minimum Gasteiger partial charge on any atom is -0.361 e. The molecule has 0 radical (unpaired) electrons. The summed E-state index contributed by atoms with van der Waals surface area (Å²) >= 11 is 0. The van der Waals surface area contributed by atoms with E-state index in [1.165, 1.54) is 12.5 Å². The predicted octanol–water partition coefficient (Wildman–Crippen LogP) is 4.32. The quantitative estimate of drug-likeness (QED) is 0.422. The first-order valence-corrected chi connectivity index (χ1v) is 10.9. The highest BCUT2D eigenvalue weighted by Crippen LogP contribution is 2.38. The summed E-state index contributed by atoms with van der Waals surface area (Å²) in [6.07, 6.45) is 8.28. The Balaban J connectivity index is 1.51. The third kappa shape index (κ3) is 3.19. The number of anilines is 1. The van der Waals surface area contributed by atoms with Crippen molar-refractivity contribution in [3.63, 3.8) is 0 Å². The molecule has 1 atom stereocenters. The van der Waals surface area contributed by atoms with Crippen LogP contribution in [0.4, 0.5) is 10.2 Å². The fourth-order valence-electron chi connectivity index (χ4n) is 4.55. The van der Waals surface area contributed by atoms with Crippen LogP contribution in [0.25, 0.3) is 32.9 Å². The third-order valence-corrected chi connectivity index (χ3v) is 6.26. The van der Waals surface area contributed by atoms with Crippen LogP contribution >= 0.6 is 0 Å². The molecule has 8 nitrogen and oxygen atoms in total. The number of benzene rings is 1. The first-order valence-electron chi connectivity index (χ1n) is 10.9. The molecule has 0 aliphatic heterocycles. The molecule has 5 aromatic rings. The Hall–Kier alpha value is -4.01. The van der Waals surface area contributed by atoms with Gasteiger partial charge in [-0.25, -0.2) is 14.4 Å². The maximum absolute atomic E-state index is 14.3. The van der Waals surface area contributed by atoms with Crippen molar-refractivity contribution in [2.75, 3.05) is 5.32 Å². The van der Waals surface area contributed by atoms with E-state index in [0.717, 1.165) is 35.0 Å². The topological polar surface area (TPSA) is 93.4 Å². The SMILES string of the molecule is C[C@H](Nc1ncnc2[nH]cc(F)c12)c1cc2cccc(-c3cnn(C)c3)c2c(=O)n1C1CC1. The number of pyridine rings is 1. The van der Waals surface area contributed by atoms with Crippen molar-refractivity contribution < 1.29 is 4.39 Å². The zero-order valence-corrected chi connectivity index (χ0v) is 18.2. The molecule has 0 spiro atoms. The molecule has 1 fully saturated rings. The van der Waals surface area contributed by atoms with Crippen LogP contribution in [0.3, 0.4) is 0 Å². The Bertz CT molecular complexity index is 1580. The molecule has 0 saturated heterocycles. The first kappa shape index (κ1) is 19.7. The van der Waals surface area contributed by atoms with E-state index >= 15 is 0 Å². The lowest BCUT2D eigenvalue weighted by atomic mass is 10.00. The summed E-state index contributed by atoms with van der Waals surface area (Å²) in [4.78, 5) is 25.0. The van der Waals surface area contributed by atoms with Crippen LogP contribution in [-0.2, 0) is 7.05 Å². The van der Waals surface area contributed by atoms with Gasteiger partial charge in [0.2, 0.25) is 0 Å². The molecule has 9 heteroatoms. The number of hydrogen-bond acceptors (Lipinski definition) is 5. The van der Waals surface area contributed by atoms with E-state index in [1.807, 2.05) is 42.9 Å². The third-order valence-electron chi connectivity index (χ3n) is 6.26. The second-order valence-electron chi connectivity index (χ2n) is 8.60. The van der Waals surface area contributed by atoms with E-state index in [1.54, 1.807) is 10.9 Å². The number of aromatic nitrogens is 6. The van der Waals surface area contributed by atoms with Crippen LogP contribution in [-0.4, -0.2) is 29.3 Å². The second-order valence-corrected chi connectivity index (χ2v) is 8.60. The van der Waals surface area contributed by atoms with Gasteiger partial charge in [-0.15, -0.1) is 0 Å². The average Bonchev–Trinajstić information content (AvgIpc) is 3.44. The normalized spacial score (nSPS) is 14.8. The molecule has 33 heavy (non-hydrogen) atoms. The van der Waals surface area contributed by atoms with Crippen molar-refractivity contribution in [1.82, 2.24) is 29.3 Å². The highest BCUT2D eigenvalue weighted by Gasteiger charge is 2.30. The van der Waals surface area contributed by atoms with Crippen LogP contribution in [0.2, 0.25) is 0 Å². The van der Waals surface area contributed by atoms with Crippen molar-refractivity contribution in [3.8, 4) is 11.1 Å². The van der Waals surface area contributed by atoms with Gasteiger partial charge in [0.05, 0.1) is 23.0 Å². The Morgan fingerprint density at radius 1 is 1.24 bits per heavy atom. The van der Waals surface area contributed by atoms with Crippen LogP contribution in [0.5, 0.6) is 0 Å². The summed E-state index contributed by atoms with van der Waals surface area (Å²) in [5.41, 5.74) is 3.04. The molecule has 0 unspecified atom stereocenters. The summed E-state index contributed by atoms with van der Waals surface area (Å²) in [6.45, 7) is 1.96. The van der Waals surface area contributed by atoms with Gasteiger partial charge in [-0.3, -0.25) is 9.48 Å². The molecular weight excluding hydrogens is 421 g/mol. The van der Waals surface area contributed by atoms with E-state index in [2.05, 4.69) is 31.4 Å². The summed E-state index contributed by atoms with van der Waals surface area (Å²) < 4.78 is 18.0. The summed E-state index contributed by atoms with van der Waals surface area (Å²) in [6, 6.07) is 7.81. The van der Waals surface area contributed by atoms with Gasteiger partial charge in [0.25, 0.3) is 5.56 Å². The number of rotatable bonds is 5. The summed E-state index contributed by atoms with van der Waals surface area (Å²) in [7, 11) is 1.86. The van der Waals surface area contributed by atoms with Crippen molar-refractivity contribution in [2.45, 2.75) is 31.8 Å². The highest BCUT2D eigenvalue weighted by atomic mass is 19.1. The maximum atomic E-state index is 14.3. The molecule has 1 aliphatic carbocycles. The highest BCUT2D eigenvalue weighted by molar-refractivity contribution is 5.96.